The van der Waals surface area contributed by atoms with Crippen molar-refractivity contribution in [1.82, 2.24) is 14.5 Å². The number of imidazole rings is 1. The average Bonchev–Trinajstić information content (AvgIpc) is 3.49. The van der Waals surface area contributed by atoms with Gasteiger partial charge in [0.25, 0.3) is 0 Å². The molecule has 1 fully saturated rings. The van der Waals surface area contributed by atoms with Crippen molar-refractivity contribution in [1.29, 1.82) is 0 Å². The maximum absolute atomic E-state index is 12.7. The molecule has 5 rings (SSSR count). The van der Waals surface area contributed by atoms with Crippen LogP contribution in [0.2, 0.25) is 0 Å². The van der Waals surface area contributed by atoms with E-state index in [1.54, 1.807) is 13.4 Å². The van der Waals surface area contributed by atoms with Crippen LogP contribution in [-0.2, 0) is 23.2 Å². The van der Waals surface area contributed by atoms with Crippen molar-refractivity contribution in [2.75, 3.05) is 20.2 Å². The number of rotatable bonds is 4. The van der Waals surface area contributed by atoms with Gasteiger partial charge in [-0.3, -0.25) is 4.79 Å². The number of aromatic nitrogens is 2. The Morgan fingerprint density at radius 2 is 2.07 bits per heavy atom. The van der Waals surface area contributed by atoms with Crippen LogP contribution in [0.5, 0.6) is 5.75 Å². The van der Waals surface area contributed by atoms with Crippen LogP contribution in [-0.4, -0.2) is 40.6 Å². The molecule has 1 aromatic carbocycles. The van der Waals surface area contributed by atoms with Gasteiger partial charge >= 0.3 is 0 Å². The van der Waals surface area contributed by atoms with E-state index in [1.807, 2.05) is 41.4 Å². The van der Waals surface area contributed by atoms with E-state index in [2.05, 4.69) is 10.6 Å². The zero-order valence-electron chi connectivity index (χ0n) is 15.9. The topological polar surface area (TPSA) is 60.5 Å². The molecule has 0 aliphatic carbocycles. The number of furan rings is 1. The third-order valence-electron chi connectivity index (χ3n) is 6.14. The summed E-state index contributed by atoms with van der Waals surface area (Å²) in [4.78, 5) is 19.5. The third-order valence-corrected chi connectivity index (χ3v) is 6.14. The fourth-order valence-corrected chi connectivity index (χ4v) is 4.68. The van der Waals surface area contributed by atoms with Gasteiger partial charge in [0.2, 0.25) is 5.91 Å². The van der Waals surface area contributed by atoms with Gasteiger partial charge in [0, 0.05) is 30.6 Å². The zero-order chi connectivity index (χ0) is 19.1. The molecule has 4 heterocycles. The second-order valence-corrected chi connectivity index (χ2v) is 7.67. The summed E-state index contributed by atoms with van der Waals surface area (Å²) in [7, 11) is 1.70. The number of para-hydroxylation sites is 1. The highest BCUT2D eigenvalue weighted by molar-refractivity contribution is 5.78. The minimum atomic E-state index is -0.0426. The first kappa shape index (κ1) is 17.1. The third kappa shape index (κ3) is 2.63. The summed E-state index contributed by atoms with van der Waals surface area (Å²) in [5.41, 5.74) is 2.10. The van der Waals surface area contributed by atoms with Crippen LogP contribution < -0.4 is 4.74 Å². The van der Waals surface area contributed by atoms with Gasteiger partial charge in [-0.15, -0.1) is 0 Å². The van der Waals surface area contributed by atoms with Gasteiger partial charge in [-0.05, 0) is 37.1 Å². The lowest BCUT2D eigenvalue weighted by atomic mass is 9.85. The molecule has 2 aliphatic rings. The second kappa shape index (κ2) is 6.55. The van der Waals surface area contributed by atoms with Gasteiger partial charge in [-0.1, -0.05) is 12.1 Å². The molecule has 0 N–H and O–H groups in total. The molecule has 0 radical (unpaired) electrons. The van der Waals surface area contributed by atoms with Crippen LogP contribution in [0.15, 0.2) is 53.3 Å². The van der Waals surface area contributed by atoms with Crippen molar-refractivity contribution in [3.8, 4) is 17.0 Å². The first-order valence-corrected chi connectivity index (χ1v) is 9.70. The molecule has 3 aromatic rings. The summed E-state index contributed by atoms with van der Waals surface area (Å²) in [5.74, 6) is 2.80. The van der Waals surface area contributed by atoms with E-state index < -0.39 is 0 Å². The number of hydrogen-bond acceptors (Lipinski definition) is 4. The first-order chi connectivity index (χ1) is 13.7. The number of carbonyl (C=O) groups excluding carboxylic acids is 1. The number of methoxy groups -OCH3 is 1. The van der Waals surface area contributed by atoms with E-state index >= 15 is 0 Å². The van der Waals surface area contributed by atoms with Crippen LogP contribution in [0.1, 0.15) is 24.4 Å². The van der Waals surface area contributed by atoms with Crippen molar-refractivity contribution in [2.24, 2.45) is 0 Å². The quantitative estimate of drug-likeness (QED) is 0.700. The van der Waals surface area contributed by atoms with Crippen molar-refractivity contribution in [2.45, 2.75) is 31.2 Å². The summed E-state index contributed by atoms with van der Waals surface area (Å²) in [5, 5.41) is 0. The molecule has 0 saturated carbocycles. The van der Waals surface area contributed by atoms with Crippen LogP contribution in [0.25, 0.3) is 11.3 Å². The molecule has 28 heavy (non-hydrogen) atoms. The fourth-order valence-electron chi connectivity index (χ4n) is 4.68. The minimum absolute atomic E-state index is 0.0426. The molecule has 6 heteroatoms. The zero-order valence-corrected chi connectivity index (χ0v) is 15.9. The molecule has 1 spiro atoms. The van der Waals surface area contributed by atoms with E-state index in [9.17, 15) is 4.79 Å². The number of ether oxygens (including phenoxy) is 1. The Hall–Kier alpha value is -3.02. The number of carbonyl (C=O) groups is 1. The molecule has 2 aromatic heterocycles. The Morgan fingerprint density at radius 1 is 1.21 bits per heavy atom. The second-order valence-electron chi connectivity index (χ2n) is 7.67. The Labute approximate surface area is 163 Å². The van der Waals surface area contributed by atoms with Gasteiger partial charge < -0.3 is 18.6 Å². The van der Waals surface area contributed by atoms with Crippen LogP contribution in [0, 0.1) is 0 Å². The van der Waals surface area contributed by atoms with Gasteiger partial charge in [0.05, 0.1) is 31.7 Å². The molecule has 0 unspecified atom stereocenters. The summed E-state index contributed by atoms with van der Waals surface area (Å²) < 4.78 is 13.2. The predicted octanol–water partition coefficient (Wildman–Crippen LogP) is 3.27. The highest BCUT2D eigenvalue weighted by Crippen LogP contribution is 2.45. The number of hydrogen-bond donors (Lipinski definition) is 0. The van der Waals surface area contributed by atoms with Crippen LogP contribution >= 0.6 is 0 Å². The summed E-state index contributed by atoms with van der Waals surface area (Å²) in [6.45, 7) is 2.42. The SMILES string of the molecule is COc1ccccc1-c1cnc2n1CC[C@]21CCN(C(=O)Cc2ccco2)C1. The molecular formula is C22H23N3O3. The van der Waals surface area contributed by atoms with Crippen molar-refractivity contribution in [3.63, 3.8) is 0 Å². The molecule has 6 nitrogen and oxygen atoms in total. The van der Waals surface area contributed by atoms with E-state index in [1.165, 1.54) is 0 Å². The molecule has 144 valence electrons. The van der Waals surface area contributed by atoms with Crippen molar-refractivity contribution < 1.29 is 13.9 Å². The largest absolute Gasteiger partial charge is 0.496 e. The van der Waals surface area contributed by atoms with Crippen molar-refractivity contribution >= 4 is 5.91 Å². The normalized spacial score (nSPS) is 20.7. The first-order valence-electron chi connectivity index (χ1n) is 9.70. The fraction of sp³-hybridized carbons (Fsp3) is 0.364. The number of fused-ring (bicyclic) bond motifs is 2. The van der Waals surface area contributed by atoms with E-state index in [4.69, 9.17) is 14.1 Å². The number of amides is 1. The smallest absolute Gasteiger partial charge is 0.230 e. The molecule has 1 amide bonds. The molecule has 0 bridgehead atoms. The maximum atomic E-state index is 12.7. The molecule has 1 saturated heterocycles. The molecular weight excluding hydrogens is 354 g/mol. The monoisotopic (exact) mass is 377 g/mol. The highest BCUT2D eigenvalue weighted by Gasteiger charge is 2.47. The molecule has 1 atom stereocenters. The van der Waals surface area contributed by atoms with Gasteiger partial charge in [-0.25, -0.2) is 4.98 Å². The number of benzene rings is 1. The summed E-state index contributed by atoms with van der Waals surface area (Å²) in [6, 6.07) is 11.7. The Bertz CT molecular complexity index is 1010. The van der Waals surface area contributed by atoms with Crippen LogP contribution in [0.3, 0.4) is 0 Å². The highest BCUT2D eigenvalue weighted by atomic mass is 16.5. The van der Waals surface area contributed by atoms with Gasteiger partial charge in [0.15, 0.2) is 0 Å². The van der Waals surface area contributed by atoms with Gasteiger partial charge in [-0.2, -0.15) is 0 Å². The van der Waals surface area contributed by atoms with E-state index in [-0.39, 0.29) is 11.3 Å². The Balaban J connectivity index is 1.40. The lowest BCUT2D eigenvalue weighted by molar-refractivity contribution is -0.129. The Morgan fingerprint density at radius 3 is 2.89 bits per heavy atom. The van der Waals surface area contributed by atoms with E-state index in [0.717, 1.165) is 61.1 Å². The Kier molecular flexibility index (Phi) is 4.00. The van der Waals surface area contributed by atoms with Crippen LogP contribution in [0.4, 0.5) is 0 Å². The molecule has 2 aliphatic heterocycles. The average molecular weight is 377 g/mol. The minimum Gasteiger partial charge on any atom is -0.496 e. The maximum Gasteiger partial charge on any atom is 0.230 e. The summed E-state index contributed by atoms with van der Waals surface area (Å²) >= 11 is 0. The number of likely N-dealkylation sites (tertiary alicyclic amines) is 1. The van der Waals surface area contributed by atoms with Crippen molar-refractivity contribution in [3.05, 3.63) is 60.4 Å². The lowest BCUT2D eigenvalue weighted by Crippen LogP contribution is -2.34. The van der Waals surface area contributed by atoms with Gasteiger partial charge in [0.1, 0.15) is 17.3 Å². The summed E-state index contributed by atoms with van der Waals surface area (Å²) in [6.07, 6.45) is 5.86. The lowest BCUT2D eigenvalue weighted by Gasteiger charge is -2.22. The number of nitrogens with zero attached hydrogens (tertiary/aromatic N) is 3. The predicted molar refractivity (Wildman–Crippen MR) is 104 cm³/mol. The van der Waals surface area contributed by atoms with E-state index in [0.29, 0.717) is 6.42 Å². The standard InChI is InChI=1S/C22H23N3O3/c1-27-19-7-3-2-6-17(19)18-14-23-21-22(9-11-25(18)21)8-10-24(15-22)20(26)13-16-5-4-12-28-16/h2-7,12,14H,8-11,13,15H2,1H3/t22-/m0/s1.